The molecule has 0 aliphatic carbocycles. The summed E-state index contributed by atoms with van der Waals surface area (Å²) in [4.78, 5) is 2.39. The van der Waals surface area contributed by atoms with Crippen molar-refractivity contribution in [3.05, 3.63) is 29.8 Å². The number of ether oxygens (including phenoxy) is 1. The summed E-state index contributed by atoms with van der Waals surface area (Å²) in [5.41, 5.74) is 1.12. The third-order valence-corrected chi connectivity index (χ3v) is 3.76. The summed E-state index contributed by atoms with van der Waals surface area (Å²) in [6.07, 6.45) is 1.15. The molecule has 1 fully saturated rings. The van der Waals surface area contributed by atoms with Gasteiger partial charge in [0.2, 0.25) is 0 Å². The summed E-state index contributed by atoms with van der Waals surface area (Å²) in [5.74, 6) is 0.209. The SMILES string of the molecule is CNC1CCN(C(C)c2ccc(OC(F)F)cc2)C1.Cl. The fourth-order valence-electron chi connectivity index (χ4n) is 2.51. The van der Waals surface area contributed by atoms with E-state index in [0.717, 1.165) is 25.1 Å². The molecule has 6 heteroatoms. The number of hydrogen-bond acceptors (Lipinski definition) is 3. The largest absolute Gasteiger partial charge is 0.435 e. The Hall–Kier alpha value is -0.910. The summed E-state index contributed by atoms with van der Waals surface area (Å²) in [5, 5.41) is 3.29. The van der Waals surface area contributed by atoms with Crippen molar-refractivity contribution in [2.45, 2.75) is 32.0 Å². The quantitative estimate of drug-likeness (QED) is 0.905. The van der Waals surface area contributed by atoms with Crippen LogP contribution in [-0.4, -0.2) is 37.7 Å². The highest BCUT2D eigenvalue weighted by atomic mass is 35.5. The number of alkyl halides is 2. The average Bonchev–Trinajstić information content (AvgIpc) is 2.87. The molecular weight excluding hydrogens is 286 g/mol. The summed E-state index contributed by atoms with van der Waals surface area (Å²) in [7, 11) is 1.98. The van der Waals surface area contributed by atoms with Gasteiger partial charge in [0.25, 0.3) is 0 Å². The molecule has 1 aromatic rings. The van der Waals surface area contributed by atoms with Crippen LogP contribution < -0.4 is 10.1 Å². The molecule has 1 aliphatic rings. The fraction of sp³-hybridized carbons (Fsp3) is 0.571. The number of hydrogen-bond donors (Lipinski definition) is 1. The van der Waals surface area contributed by atoms with Crippen molar-refractivity contribution in [1.82, 2.24) is 10.2 Å². The Morgan fingerprint density at radius 1 is 1.30 bits per heavy atom. The maximum atomic E-state index is 12.1. The highest BCUT2D eigenvalue weighted by Gasteiger charge is 2.25. The highest BCUT2D eigenvalue weighted by molar-refractivity contribution is 5.85. The molecule has 0 radical (unpaired) electrons. The first kappa shape index (κ1) is 17.1. The zero-order valence-electron chi connectivity index (χ0n) is 11.7. The lowest BCUT2D eigenvalue weighted by Gasteiger charge is -2.24. The van der Waals surface area contributed by atoms with Gasteiger partial charge in [0, 0.05) is 25.2 Å². The van der Waals surface area contributed by atoms with E-state index in [4.69, 9.17) is 0 Å². The van der Waals surface area contributed by atoms with Crippen LogP contribution in [0.15, 0.2) is 24.3 Å². The zero-order valence-corrected chi connectivity index (χ0v) is 12.5. The van der Waals surface area contributed by atoms with Gasteiger partial charge in [0.15, 0.2) is 0 Å². The van der Waals surface area contributed by atoms with Crippen LogP contribution in [0.2, 0.25) is 0 Å². The molecule has 0 spiro atoms. The Morgan fingerprint density at radius 3 is 2.45 bits per heavy atom. The maximum Gasteiger partial charge on any atom is 0.387 e. The van der Waals surface area contributed by atoms with Crippen molar-refractivity contribution < 1.29 is 13.5 Å². The number of benzene rings is 1. The maximum absolute atomic E-state index is 12.1. The van der Waals surface area contributed by atoms with E-state index in [2.05, 4.69) is 21.9 Å². The molecular formula is C14H21ClF2N2O. The lowest BCUT2D eigenvalue weighted by Crippen LogP contribution is -2.31. The van der Waals surface area contributed by atoms with Crippen molar-refractivity contribution >= 4 is 12.4 Å². The monoisotopic (exact) mass is 306 g/mol. The van der Waals surface area contributed by atoms with Crippen LogP contribution in [-0.2, 0) is 0 Å². The van der Waals surface area contributed by atoms with Crippen molar-refractivity contribution in [2.24, 2.45) is 0 Å². The van der Waals surface area contributed by atoms with Crippen molar-refractivity contribution in [2.75, 3.05) is 20.1 Å². The van der Waals surface area contributed by atoms with E-state index in [1.54, 1.807) is 12.1 Å². The van der Waals surface area contributed by atoms with E-state index in [1.807, 2.05) is 19.2 Å². The molecule has 1 N–H and O–H groups in total. The Morgan fingerprint density at radius 2 is 1.95 bits per heavy atom. The number of likely N-dealkylation sites (N-methyl/N-ethyl adjacent to an activating group) is 1. The van der Waals surface area contributed by atoms with E-state index < -0.39 is 6.61 Å². The molecule has 2 rings (SSSR count). The highest BCUT2D eigenvalue weighted by Crippen LogP contribution is 2.26. The molecule has 1 heterocycles. The molecule has 1 saturated heterocycles. The Kier molecular flexibility index (Phi) is 6.65. The Bertz CT molecular complexity index is 403. The van der Waals surface area contributed by atoms with Crippen LogP contribution in [0.5, 0.6) is 5.75 Å². The fourth-order valence-corrected chi connectivity index (χ4v) is 2.51. The first-order valence-corrected chi connectivity index (χ1v) is 6.56. The molecule has 0 saturated carbocycles. The average molecular weight is 307 g/mol. The minimum absolute atomic E-state index is 0. The van der Waals surface area contributed by atoms with Crippen LogP contribution in [0, 0.1) is 0 Å². The molecule has 0 bridgehead atoms. The molecule has 2 atom stereocenters. The minimum atomic E-state index is -2.77. The van der Waals surface area contributed by atoms with Gasteiger partial charge in [-0.25, -0.2) is 0 Å². The number of halogens is 3. The van der Waals surface area contributed by atoms with E-state index in [0.29, 0.717) is 12.1 Å². The second-order valence-corrected chi connectivity index (χ2v) is 4.89. The molecule has 20 heavy (non-hydrogen) atoms. The predicted molar refractivity (Wildman–Crippen MR) is 77.8 cm³/mol. The topological polar surface area (TPSA) is 24.5 Å². The standard InChI is InChI=1S/C14H20F2N2O.ClH/c1-10(18-8-7-12(9-18)17-2)11-3-5-13(6-4-11)19-14(15)16;/h3-6,10,12,14,17H,7-9H2,1-2H3;1H. The molecule has 0 amide bonds. The van der Waals surface area contributed by atoms with Gasteiger partial charge in [-0.15, -0.1) is 12.4 Å². The number of nitrogens with zero attached hydrogens (tertiary/aromatic N) is 1. The smallest absolute Gasteiger partial charge is 0.387 e. The first-order chi connectivity index (χ1) is 9.10. The van der Waals surface area contributed by atoms with E-state index in [1.165, 1.54) is 0 Å². The molecule has 1 aliphatic heterocycles. The van der Waals surface area contributed by atoms with Gasteiger partial charge in [-0.2, -0.15) is 8.78 Å². The third-order valence-electron chi connectivity index (χ3n) is 3.76. The van der Waals surface area contributed by atoms with Gasteiger partial charge in [-0.05, 0) is 38.1 Å². The van der Waals surface area contributed by atoms with E-state index >= 15 is 0 Å². The van der Waals surface area contributed by atoms with E-state index in [9.17, 15) is 8.78 Å². The molecule has 114 valence electrons. The normalized spacial score (nSPS) is 20.8. The number of nitrogens with one attached hydrogen (secondary N) is 1. The zero-order chi connectivity index (χ0) is 13.8. The van der Waals surface area contributed by atoms with Gasteiger partial charge in [0.1, 0.15) is 5.75 Å². The van der Waals surface area contributed by atoms with Crippen molar-refractivity contribution in [3.8, 4) is 5.75 Å². The first-order valence-electron chi connectivity index (χ1n) is 6.56. The summed E-state index contributed by atoms with van der Waals surface area (Å²) in [6.45, 7) is 1.45. The third kappa shape index (κ3) is 4.30. The number of rotatable bonds is 5. The summed E-state index contributed by atoms with van der Waals surface area (Å²) >= 11 is 0. The summed E-state index contributed by atoms with van der Waals surface area (Å²) in [6, 6.07) is 7.75. The Balaban J connectivity index is 0.00000200. The Labute approximate surface area is 124 Å². The van der Waals surface area contributed by atoms with Crippen LogP contribution in [0.25, 0.3) is 0 Å². The number of likely N-dealkylation sites (tertiary alicyclic amines) is 1. The second kappa shape index (κ2) is 7.76. The van der Waals surface area contributed by atoms with Crippen molar-refractivity contribution in [3.63, 3.8) is 0 Å². The lowest BCUT2D eigenvalue weighted by molar-refractivity contribution is -0.0498. The van der Waals surface area contributed by atoms with Crippen LogP contribution in [0.3, 0.4) is 0 Å². The van der Waals surface area contributed by atoms with E-state index in [-0.39, 0.29) is 18.2 Å². The van der Waals surface area contributed by atoms with Gasteiger partial charge in [-0.3, -0.25) is 4.90 Å². The second-order valence-electron chi connectivity index (χ2n) is 4.89. The van der Waals surface area contributed by atoms with Crippen LogP contribution >= 0.6 is 12.4 Å². The molecule has 1 aromatic carbocycles. The van der Waals surface area contributed by atoms with Crippen LogP contribution in [0.1, 0.15) is 24.9 Å². The summed E-state index contributed by atoms with van der Waals surface area (Å²) < 4.78 is 28.5. The van der Waals surface area contributed by atoms with Gasteiger partial charge in [-0.1, -0.05) is 12.1 Å². The van der Waals surface area contributed by atoms with Crippen molar-refractivity contribution in [1.29, 1.82) is 0 Å². The predicted octanol–water partition coefficient (Wildman–Crippen LogP) is 3.06. The van der Waals surface area contributed by atoms with Crippen LogP contribution in [0.4, 0.5) is 8.78 Å². The van der Waals surface area contributed by atoms with Gasteiger partial charge in [0.05, 0.1) is 0 Å². The molecule has 2 unspecified atom stereocenters. The molecule has 3 nitrogen and oxygen atoms in total. The van der Waals surface area contributed by atoms with Gasteiger partial charge < -0.3 is 10.1 Å². The minimum Gasteiger partial charge on any atom is -0.435 e. The van der Waals surface area contributed by atoms with Gasteiger partial charge >= 0.3 is 6.61 Å². The lowest BCUT2D eigenvalue weighted by atomic mass is 10.1. The molecule has 0 aromatic heterocycles.